The van der Waals surface area contributed by atoms with E-state index in [0.29, 0.717) is 29.7 Å². The van der Waals surface area contributed by atoms with E-state index >= 15 is 0 Å². The summed E-state index contributed by atoms with van der Waals surface area (Å²) in [6, 6.07) is 2.28. The van der Waals surface area contributed by atoms with Crippen molar-refractivity contribution in [2.24, 2.45) is 5.41 Å². The number of hydrogen-bond acceptors (Lipinski definition) is 5. The van der Waals surface area contributed by atoms with Gasteiger partial charge in [-0.15, -0.1) is 0 Å². The topological polar surface area (TPSA) is 79.5 Å². The van der Waals surface area contributed by atoms with Crippen LogP contribution in [0.5, 0.6) is 11.5 Å². The van der Waals surface area contributed by atoms with Crippen LogP contribution in [0.15, 0.2) is 11.6 Å². The Morgan fingerprint density at radius 2 is 2.17 bits per heavy atom. The van der Waals surface area contributed by atoms with E-state index in [9.17, 15) is 9.90 Å². The highest BCUT2D eigenvalue weighted by Crippen LogP contribution is 2.42. The van der Waals surface area contributed by atoms with Gasteiger partial charge in [-0.3, -0.25) is 0 Å². The van der Waals surface area contributed by atoms with Gasteiger partial charge in [0.15, 0.2) is 0 Å². The molecule has 1 aromatic rings. The number of fused-ring (bicyclic) bond motifs is 1. The van der Waals surface area contributed by atoms with E-state index in [1.807, 2.05) is 33.8 Å². The van der Waals surface area contributed by atoms with E-state index in [1.165, 1.54) is 0 Å². The number of nitriles is 1. The van der Waals surface area contributed by atoms with Crippen LogP contribution in [-0.2, 0) is 17.8 Å². The molecule has 5 heteroatoms. The molecule has 24 heavy (non-hydrogen) atoms. The van der Waals surface area contributed by atoms with Crippen LogP contribution in [0.1, 0.15) is 54.2 Å². The quantitative estimate of drug-likeness (QED) is 0.656. The van der Waals surface area contributed by atoms with Crippen molar-refractivity contribution in [3.8, 4) is 17.6 Å². The summed E-state index contributed by atoms with van der Waals surface area (Å²) in [4.78, 5) is 11.9. The van der Waals surface area contributed by atoms with Crippen LogP contribution in [0, 0.1) is 23.7 Å². The number of benzene rings is 1. The number of allylic oxidation sites excluding steroid dienone is 2. The Hall–Kier alpha value is -2.48. The van der Waals surface area contributed by atoms with Crippen molar-refractivity contribution in [3.05, 3.63) is 33.9 Å². The predicted molar refractivity (Wildman–Crippen MR) is 90.0 cm³/mol. The summed E-state index contributed by atoms with van der Waals surface area (Å²) >= 11 is 0. The molecule has 0 fully saturated rings. The van der Waals surface area contributed by atoms with Crippen LogP contribution in [0.3, 0.4) is 0 Å². The van der Waals surface area contributed by atoms with E-state index in [-0.39, 0.29) is 17.9 Å². The molecule has 2 rings (SSSR count). The Morgan fingerprint density at radius 1 is 1.50 bits per heavy atom. The van der Waals surface area contributed by atoms with Crippen molar-refractivity contribution in [2.45, 2.75) is 47.1 Å². The number of phenolic OH excluding ortho intramolecular Hbond substituents is 1. The van der Waals surface area contributed by atoms with Crippen LogP contribution >= 0.6 is 0 Å². The van der Waals surface area contributed by atoms with Crippen molar-refractivity contribution < 1.29 is 19.4 Å². The Bertz CT molecular complexity index is 754. The first-order valence-electron chi connectivity index (χ1n) is 7.87. The third-order valence-corrected chi connectivity index (χ3v) is 4.33. The molecule has 0 aromatic heterocycles. The van der Waals surface area contributed by atoms with E-state index in [2.05, 4.69) is 6.07 Å². The van der Waals surface area contributed by atoms with Gasteiger partial charge in [-0.25, -0.2) is 4.79 Å². The fraction of sp³-hybridized carbons (Fsp3) is 0.474. The second-order valence-corrected chi connectivity index (χ2v) is 6.84. The first kappa shape index (κ1) is 17.9. The van der Waals surface area contributed by atoms with Crippen molar-refractivity contribution in [1.29, 1.82) is 5.26 Å². The molecule has 5 nitrogen and oxygen atoms in total. The molecular formula is C19H23NO4. The van der Waals surface area contributed by atoms with Crippen LogP contribution in [0.2, 0.25) is 0 Å². The molecule has 0 aliphatic carbocycles. The van der Waals surface area contributed by atoms with Gasteiger partial charge in [0.1, 0.15) is 23.7 Å². The standard InChI is InChI=1S/C19H23NO4/c1-11(8-19(3,4)10-20)6-7-13-16(21)15-14(9-24-18(15)22)12(2)17(13)23-5/h6,21H,7-9H2,1-5H3/b11-6+. The van der Waals surface area contributed by atoms with Gasteiger partial charge in [0.25, 0.3) is 0 Å². The third-order valence-electron chi connectivity index (χ3n) is 4.33. The molecule has 0 atom stereocenters. The molecule has 0 bridgehead atoms. The van der Waals surface area contributed by atoms with Gasteiger partial charge in [0.2, 0.25) is 0 Å². The lowest BCUT2D eigenvalue weighted by Crippen LogP contribution is -2.08. The molecule has 0 amide bonds. The number of esters is 1. The van der Waals surface area contributed by atoms with Crippen LogP contribution in [0.25, 0.3) is 0 Å². The van der Waals surface area contributed by atoms with E-state index in [0.717, 1.165) is 11.1 Å². The lowest BCUT2D eigenvalue weighted by atomic mass is 9.87. The molecule has 1 aliphatic rings. The van der Waals surface area contributed by atoms with E-state index in [4.69, 9.17) is 14.7 Å². The maximum absolute atomic E-state index is 11.9. The number of cyclic esters (lactones) is 1. The number of methoxy groups -OCH3 is 1. The summed E-state index contributed by atoms with van der Waals surface area (Å²) in [6.07, 6.45) is 3.02. The number of carbonyl (C=O) groups is 1. The van der Waals surface area contributed by atoms with Crippen molar-refractivity contribution >= 4 is 5.97 Å². The normalized spacial score (nSPS) is 14.2. The largest absolute Gasteiger partial charge is 0.507 e. The fourth-order valence-electron chi connectivity index (χ4n) is 3.11. The van der Waals surface area contributed by atoms with E-state index < -0.39 is 11.4 Å². The number of ether oxygens (including phenoxy) is 2. The van der Waals surface area contributed by atoms with Crippen molar-refractivity contribution in [2.75, 3.05) is 7.11 Å². The summed E-state index contributed by atoms with van der Waals surface area (Å²) in [5.41, 5.74) is 2.92. The fourth-order valence-corrected chi connectivity index (χ4v) is 3.11. The molecule has 0 saturated heterocycles. The molecular weight excluding hydrogens is 306 g/mol. The van der Waals surface area contributed by atoms with Gasteiger partial charge >= 0.3 is 5.97 Å². The van der Waals surface area contributed by atoms with Crippen LogP contribution in [-0.4, -0.2) is 18.2 Å². The molecule has 1 N–H and O–H groups in total. The minimum Gasteiger partial charge on any atom is -0.507 e. The van der Waals surface area contributed by atoms with Gasteiger partial charge in [-0.1, -0.05) is 11.6 Å². The highest BCUT2D eigenvalue weighted by atomic mass is 16.5. The molecule has 0 unspecified atom stereocenters. The number of hydrogen-bond donors (Lipinski definition) is 1. The summed E-state index contributed by atoms with van der Waals surface area (Å²) in [7, 11) is 1.55. The molecule has 0 spiro atoms. The van der Waals surface area contributed by atoms with Gasteiger partial charge in [0.05, 0.1) is 18.6 Å². The molecule has 1 heterocycles. The van der Waals surface area contributed by atoms with Crippen LogP contribution in [0.4, 0.5) is 0 Å². The zero-order valence-corrected chi connectivity index (χ0v) is 14.8. The molecule has 0 radical (unpaired) electrons. The maximum atomic E-state index is 11.9. The number of rotatable bonds is 5. The average Bonchev–Trinajstić information content (AvgIpc) is 2.91. The summed E-state index contributed by atoms with van der Waals surface area (Å²) in [5.74, 6) is 0.00695. The SMILES string of the molecule is COc1c(C)c2c(c(O)c1C/C=C(\C)CC(C)(C)C#N)C(=O)OC2. The minimum absolute atomic E-state index is 0.0708. The average molecular weight is 329 g/mol. The number of phenols is 1. The first-order chi connectivity index (χ1) is 11.2. The minimum atomic E-state index is -0.499. The first-order valence-corrected chi connectivity index (χ1v) is 7.87. The number of aromatic hydroxyl groups is 1. The lowest BCUT2D eigenvalue weighted by Gasteiger charge is -2.17. The zero-order valence-electron chi connectivity index (χ0n) is 14.8. The number of nitrogens with zero attached hydrogens (tertiary/aromatic N) is 1. The zero-order chi connectivity index (χ0) is 18.1. The molecule has 1 aliphatic heterocycles. The Balaban J connectivity index is 2.41. The Labute approximate surface area is 142 Å². The highest BCUT2D eigenvalue weighted by Gasteiger charge is 2.31. The van der Waals surface area contributed by atoms with E-state index in [1.54, 1.807) is 7.11 Å². The smallest absolute Gasteiger partial charge is 0.342 e. The Morgan fingerprint density at radius 3 is 2.75 bits per heavy atom. The summed E-state index contributed by atoms with van der Waals surface area (Å²) in [6.45, 7) is 7.75. The second kappa shape index (κ2) is 6.56. The summed E-state index contributed by atoms with van der Waals surface area (Å²) < 4.78 is 10.5. The van der Waals surface area contributed by atoms with Gasteiger partial charge in [0, 0.05) is 11.1 Å². The van der Waals surface area contributed by atoms with Crippen LogP contribution < -0.4 is 4.74 Å². The van der Waals surface area contributed by atoms with Gasteiger partial charge in [-0.2, -0.15) is 5.26 Å². The monoisotopic (exact) mass is 329 g/mol. The van der Waals surface area contributed by atoms with Gasteiger partial charge < -0.3 is 14.6 Å². The van der Waals surface area contributed by atoms with Gasteiger partial charge in [-0.05, 0) is 46.1 Å². The lowest BCUT2D eigenvalue weighted by molar-refractivity contribution is 0.0533. The molecule has 128 valence electrons. The predicted octanol–water partition coefficient (Wildman–Crippen LogP) is 3.81. The van der Waals surface area contributed by atoms with Crippen molar-refractivity contribution in [1.82, 2.24) is 0 Å². The number of carbonyl (C=O) groups excluding carboxylic acids is 1. The Kier molecular flexibility index (Phi) is 4.88. The highest BCUT2D eigenvalue weighted by molar-refractivity contribution is 5.98. The molecule has 0 saturated carbocycles. The van der Waals surface area contributed by atoms with Crippen molar-refractivity contribution in [3.63, 3.8) is 0 Å². The second-order valence-electron chi connectivity index (χ2n) is 6.84. The molecule has 1 aromatic carbocycles. The third kappa shape index (κ3) is 3.23. The maximum Gasteiger partial charge on any atom is 0.342 e. The summed E-state index contributed by atoms with van der Waals surface area (Å²) in [5, 5.41) is 19.7.